The molecule has 4 N–H and O–H groups in total. The van der Waals surface area contributed by atoms with Crippen LogP contribution in [0.25, 0.3) is 0 Å². The van der Waals surface area contributed by atoms with Crippen molar-refractivity contribution in [2.24, 2.45) is 5.73 Å². The number of anilines is 1. The second kappa shape index (κ2) is 8.66. The van der Waals surface area contributed by atoms with E-state index in [4.69, 9.17) is 15.6 Å². The molecule has 0 heterocycles. The highest BCUT2D eigenvalue weighted by atomic mass is 19.4. The molecular formula is C19H17F3N2O4. The maximum atomic E-state index is 12.7. The van der Waals surface area contributed by atoms with Crippen LogP contribution < -0.4 is 11.1 Å². The third-order valence-corrected chi connectivity index (χ3v) is 3.89. The number of carboxylic acids is 1. The van der Waals surface area contributed by atoms with Crippen LogP contribution in [0.4, 0.5) is 18.9 Å². The van der Waals surface area contributed by atoms with Crippen LogP contribution in [0.5, 0.6) is 0 Å². The molecule has 0 aliphatic heterocycles. The average Bonchev–Trinajstić information content (AvgIpc) is 2.66. The van der Waals surface area contributed by atoms with E-state index in [9.17, 15) is 22.8 Å². The SMILES string of the molecule is NCCCNc1cccc2c1C(=O)c1ccccc1C2=O.O=C(O)C(F)(F)F. The Morgan fingerprint density at radius 3 is 2.04 bits per heavy atom. The number of benzene rings is 2. The molecule has 1 aliphatic rings. The van der Waals surface area contributed by atoms with Crippen molar-refractivity contribution in [2.75, 3.05) is 18.4 Å². The van der Waals surface area contributed by atoms with Crippen molar-refractivity contribution in [1.29, 1.82) is 0 Å². The first-order chi connectivity index (χ1) is 13.2. The van der Waals surface area contributed by atoms with Crippen molar-refractivity contribution < 1.29 is 32.7 Å². The molecule has 0 bridgehead atoms. The van der Waals surface area contributed by atoms with Crippen molar-refractivity contribution >= 4 is 23.2 Å². The number of carboxylic acid groups (broad SMARTS) is 1. The van der Waals surface area contributed by atoms with Gasteiger partial charge < -0.3 is 16.2 Å². The molecule has 0 radical (unpaired) electrons. The molecule has 0 spiro atoms. The molecule has 0 amide bonds. The number of aliphatic carboxylic acids is 1. The van der Waals surface area contributed by atoms with Crippen molar-refractivity contribution in [3.63, 3.8) is 0 Å². The highest BCUT2D eigenvalue weighted by molar-refractivity contribution is 6.30. The van der Waals surface area contributed by atoms with Crippen molar-refractivity contribution in [2.45, 2.75) is 12.6 Å². The molecule has 0 unspecified atom stereocenters. The molecule has 2 aromatic carbocycles. The zero-order chi connectivity index (χ0) is 20.9. The minimum atomic E-state index is -5.08. The monoisotopic (exact) mass is 394 g/mol. The van der Waals surface area contributed by atoms with Gasteiger partial charge in [0.05, 0.1) is 5.56 Å². The number of nitrogens with one attached hydrogen (secondary N) is 1. The second-order valence-electron chi connectivity index (χ2n) is 5.80. The maximum absolute atomic E-state index is 12.7. The fraction of sp³-hybridized carbons (Fsp3) is 0.211. The Labute approximate surface area is 158 Å². The quantitative estimate of drug-likeness (QED) is 0.587. The molecule has 6 nitrogen and oxygen atoms in total. The van der Waals surface area contributed by atoms with Crippen LogP contribution in [0.2, 0.25) is 0 Å². The second-order valence-corrected chi connectivity index (χ2v) is 5.80. The topological polar surface area (TPSA) is 109 Å². The van der Waals surface area contributed by atoms with Crippen molar-refractivity contribution in [3.8, 4) is 0 Å². The molecule has 0 fully saturated rings. The van der Waals surface area contributed by atoms with Crippen LogP contribution in [0.15, 0.2) is 42.5 Å². The number of carbonyl (C=O) groups excluding carboxylic acids is 2. The predicted molar refractivity (Wildman–Crippen MR) is 95.6 cm³/mol. The maximum Gasteiger partial charge on any atom is 0.490 e. The van der Waals surface area contributed by atoms with E-state index in [0.717, 1.165) is 6.42 Å². The van der Waals surface area contributed by atoms with Crippen LogP contribution in [0.3, 0.4) is 0 Å². The molecule has 28 heavy (non-hydrogen) atoms. The van der Waals surface area contributed by atoms with Crippen LogP contribution in [-0.2, 0) is 4.79 Å². The lowest BCUT2D eigenvalue weighted by atomic mass is 9.83. The van der Waals surface area contributed by atoms with Gasteiger partial charge in [-0.25, -0.2) is 4.79 Å². The summed E-state index contributed by atoms with van der Waals surface area (Å²) in [5, 5.41) is 10.3. The highest BCUT2D eigenvalue weighted by Gasteiger charge is 2.38. The lowest BCUT2D eigenvalue weighted by Crippen LogP contribution is -2.22. The average molecular weight is 394 g/mol. The fourth-order valence-electron chi connectivity index (χ4n) is 2.62. The van der Waals surface area contributed by atoms with E-state index in [1.165, 1.54) is 0 Å². The van der Waals surface area contributed by atoms with Gasteiger partial charge in [0.1, 0.15) is 0 Å². The molecule has 0 atom stereocenters. The number of alkyl halides is 3. The first-order valence-electron chi connectivity index (χ1n) is 8.24. The van der Waals surface area contributed by atoms with Crippen LogP contribution in [0.1, 0.15) is 38.3 Å². The fourth-order valence-corrected chi connectivity index (χ4v) is 2.62. The smallest absolute Gasteiger partial charge is 0.475 e. The summed E-state index contributed by atoms with van der Waals surface area (Å²) >= 11 is 0. The molecule has 3 rings (SSSR count). The van der Waals surface area contributed by atoms with Crippen molar-refractivity contribution in [1.82, 2.24) is 0 Å². The van der Waals surface area contributed by atoms with Gasteiger partial charge >= 0.3 is 12.1 Å². The summed E-state index contributed by atoms with van der Waals surface area (Å²) in [4.78, 5) is 34.1. The third-order valence-electron chi connectivity index (χ3n) is 3.89. The van der Waals surface area contributed by atoms with E-state index in [2.05, 4.69) is 5.32 Å². The minimum Gasteiger partial charge on any atom is -0.475 e. The summed E-state index contributed by atoms with van der Waals surface area (Å²) in [6.45, 7) is 1.26. The van der Waals surface area contributed by atoms with E-state index in [0.29, 0.717) is 41.0 Å². The van der Waals surface area contributed by atoms with E-state index >= 15 is 0 Å². The zero-order valence-corrected chi connectivity index (χ0v) is 14.5. The Kier molecular flexibility index (Phi) is 6.53. The van der Waals surface area contributed by atoms with Gasteiger partial charge in [0.2, 0.25) is 0 Å². The number of halogens is 3. The number of nitrogens with two attached hydrogens (primary N) is 1. The molecule has 2 aromatic rings. The number of hydrogen-bond acceptors (Lipinski definition) is 5. The van der Waals surface area contributed by atoms with Crippen LogP contribution >= 0.6 is 0 Å². The number of ketones is 2. The summed E-state index contributed by atoms with van der Waals surface area (Å²) in [7, 11) is 0. The lowest BCUT2D eigenvalue weighted by Gasteiger charge is -2.20. The Hall–Kier alpha value is -3.20. The molecule has 9 heteroatoms. The molecule has 0 saturated carbocycles. The van der Waals surface area contributed by atoms with Gasteiger partial charge in [0, 0.05) is 28.9 Å². The van der Waals surface area contributed by atoms with Crippen LogP contribution in [-0.4, -0.2) is 41.9 Å². The predicted octanol–water partition coefficient (Wildman–Crippen LogP) is 2.86. The first-order valence-corrected chi connectivity index (χ1v) is 8.24. The summed E-state index contributed by atoms with van der Waals surface area (Å²) in [6.07, 6.45) is -4.28. The molecule has 1 aliphatic carbocycles. The van der Waals surface area contributed by atoms with E-state index in [-0.39, 0.29) is 11.6 Å². The largest absolute Gasteiger partial charge is 0.490 e. The van der Waals surface area contributed by atoms with Crippen LogP contribution in [0, 0.1) is 0 Å². The normalized spacial score (nSPS) is 12.4. The third kappa shape index (κ3) is 4.55. The first kappa shape index (κ1) is 21.1. The Bertz CT molecular complexity index is 910. The number of fused-ring (bicyclic) bond motifs is 2. The Morgan fingerprint density at radius 2 is 1.50 bits per heavy atom. The number of rotatable bonds is 4. The van der Waals surface area contributed by atoms with Gasteiger partial charge in [-0.05, 0) is 19.0 Å². The minimum absolute atomic E-state index is 0.0947. The molecule has 0 saturated heterocycles. The van der Waals surface area contributed by atoms with Gasteiger partial charge in [-0.15, -0.1) is 0 Å². The van der Waals surface area contributed by atoms with Gasteiger partial charge in [0.25, 0.3) is 0 Å². The van der Waals surface area contributed by atoms with Gasteiger partial charge in [-0.1, -0.05) is 36.4 Å². The van der Waals surface area contributed by atoms with Gasteiger partial charge in [-0.3, -0.25) is 9.59 Å². The lowest BCUT2D eigenvalue weighted by molar-refractivity contribution is -0.192. The molecular weight excluding hydrogens is 377 g/mol. The number of carbonyl (C=O) groups is 3. The highest BCUT2D eigenvalue weighted by Crippen LogP contribution is 2.31. The molecule has 148 valence electrons. The summed E-state index contributed by atoms with van der Waals surface area (Å²) in [5.74, 6) is -2.95. The Balaban J connectivity index is 0.000000345. The Morgan fingerprint density at radius 1 is 0.964 bits per heavy atom. The zero-order valence-electron chi connectivity index (χ0n) is 14.5. The van der Waals surface area contributed by atoms with Gasteiger partial charge in [-0.2, -0.15) is 13.2 Å². The summed E-state index contributed by atoms with van der Waals surface area (Å²) < 4.78 is 31.7. The molecule has 0 aromatic heterocycles. The van der Waals surface area contributed by atoms with E-state index < -0.39 is 12.1 Å². The summed E-state index contributed by atoms with van der Waals surface area (Å²) in [5.41, 5.74) is 8.08. The standard InChI is InChI=1S/C17H16N2O2.C2HF3O2/c18-9-4-10-19-14-8-3-7-13-15(14)17(21)12-6-2-1-5-11(12)16(13)20;3-2(4,5)1(6)7/h1-3,5-8,19H,4,9-10,18H2;(H,6,7). The van der Waals surface area contributed by atoms with E-state index in [1.807, 2.05) is 6.07 Å². The van der Waals surface area contributed by atoms with E-state index in [1.54, 1.807) is 36.4 Å². The van der Waals surface area contributed by atoms with Gasteiger partial charge in [0.15, 0.2) is 11.6 Å². The summed E-state index contributed by atoms with van der Waals surface area (Å²) in [6, 6.07) is 12.3. The van der Waals surface area contributed by atoms with Crippen molar-refractivity contribution in [3.05, 3.63) is 64.7 Å². The number of hydrogen-bond donors (Lipinski definition) is 3.